The van der Waals surface area contributed by atoms with Gasteiger partial charge in [0.05, 0.1) is 17.4 Å². The van der Waals surface area contributed by atoms with E-state index in [9.17, 15) is 0 Å². The average Bonchev–Trinajstić information content (AvgIpc) is 3.55. The third-order valence-corrected chi connectivity index (χ3v) is 7.73. The predicted octanol–water partition coefficient (Wildman–Crippen LogP) is 9.30. The van der Waals surface area contributed by atoms with Gasteiger partial charge in [0.1, 0.15) is 23.0 Å². The number of para-hydroxylation sites is 2. The SMILES string of the molecule is CC(C)c1cc(-c2ccccc2)cc(C(C)C)c1-n1c(-c2cccc3c2oc2ccccc23)nc2ncncc21. The normalized spacial score (nSPS) is 11.9. The number of hydrogen-bond donors (Lipinski definition) is 0. The van der Waals surface area contributed by atoms with Crippen molar-refractivity contribution in [3.05, 3.63) is 109 Å². The summed E-state index contributed by atoms with van der Waals surface area (Å²) in [6.45, 7) is 9.03. The smallest absolute Gasteiger partial charge is 0.181 e. The van der Waals surface area contributed by atoms with Crippen molar-refractivity contribution in [1.82, 2.24) is 19.5 Å². The molecule has 0 spiro atoms. The van der Waals surface area contributed by atoms with Crippen LogP contribution in [0.3, 0.4) is 0 Å². The van der Waals surface area contributed by atoms with E-state index in [-0.39, 0.29) is 11.8 Å². The van der Waals surface area contributed by atoms with Gasteiger partial charge in [0.15, 0.2) is 11.5 Å². The van der Waals surface area contributed by atoms with Gasteiger partial charge >= 0.3 is 0 Å². The highest BCUT2D eigenvalue weighted by atomic mass is 16.3. The van der Waals surface area contributed by atoms with E-state index in [1.54, 1.807) is 6.33 Å². The number of imidazole rings is 1. The number of aromatic nitrogens is 4. The molecule has 7 aromatic rings. The number of nitrogens with zero attached hydrogens (tertiary/aromatic N) is 4. The van der Waals surface area contributed by atoms with Gasteiger partial charge in [-0.2, -0.15) is 0 Å². The second-order valence-corrected chi connectivity index (χ2v) is 11.0. The highest BCUT2D eigenvalue weighted by Crippen LogP contribution is 2.42. The first-order valence-electron chi connectivity index (χ1n) is 13.8. The third kappa shape index (κ3) is 3.81. The lowest BCUT2D eigenvalue weighted by molar-refractivity contribution is 0.669. The molecule has 5 heteroatoms. The quantitative estimate of drug-likeness (QED) is 0.226. The van der Waals surface area contributed by atoms with Gasteiger partial charge in [0, 0.05) is 10.8 Å². The van der Waals surface area contributed by atoms with Crippen LogP contribution in [0.25, 0.3) is 61.3 Å². The molecule has 0 bridgehead atoms. The average molecular weight is 523 g/mol. The largest absolute Gasteiger partial charge is 0.455 e. The second-order valence-electron chi connectivity index (χ2n) is 11.0. The van der Waals surface area contributed by atoms with Crippen LogP contribution < -0.4 is 0 Å². The highest BCUT2D eigenvalue weighted by Gasteiger charge is 2.25. The molecule has 196 valence electrons. The van der Waals surface area contributed by atoms with E-state index in [4.69, 9.17) is 9.40 Å². The molecule has 0 N–H and O–H groups in total. The Labute approximate surface area is 233 Å². The summed E-state index contributed by atoms with van der Waals surface area (Å²) in [5, 5.41) is 2.17. The maximum atomic E-state index is 6.47. The summed E-state index contributed by atoms with van der Waals surface area (Å²) in [6.07, 6.45) is 3.44. The van der Waals surface area contributed by atoms with Gasteiger partial charge in [0.2, 0.25) is 0 Å². The minimum atomic E-state index is 0.271. The van der Waals surface area contributed by atoms with Crippen LogP contribution in [0.1, 0.15) is 50.7 Å². The predicted molar refractivity (Wildman–Crippen MR) is 163 cm³/mol. The Morgan fingerprint density at radius 3 is 2.17 bits per heavy atom. The van der Waals surface area contributed by atoms with Crippen molar-refractivity contribution in [3.8, 4) is 28.2 Å². The second kappa shape index (κ2) is 9.45. The third-order valence-electron chi connectivity index (χ3n) is 7.73. The van der Waals surface area contributed by atoms with Crippen LogP contribution in [0.4, 0.5) is 0 Å². The maximum Gasteiger partial charge on any atom is 0.181 e. The summed E-state index contributed by atoms with van der Waals surface area (Å²) in [6, 6.07) is 29.8. The molecule has 4 aromatic carbocycles. The Kier molecular flexibility index (Phi) is 5.74. The first-order valence-corrected chi connectivity index (χ1v) is 13.8. The van der Waals surface area contributed by atoms with Crippen LogP contribution in [0.2, 0.25) is 0 Å². The van der Waals surface area contributed by atoms with Gasteiger partial charge in [-0.15, -0.1) is 0 Å². The lowest BCUT2D eigenvalue weighted by Crippen LogP contribution is -2.09. The monoisotopic (exact) mass is 522 g/mol. The fraction of sp³-hybridized carbons (Fsp3) is 0.171. The molecule has 3 aromatic heterocycles. The molecule has 0 aliphatic heterocycles. The lowest BCUT2D eigenvalue weighted by Gasteiger charge is -2.24. The molecule has 0 saturated carbocycles. The summed E-state index contributed by atoms with van der Waals surface area (Å²) in [5.41, 5.74) is 10.3. The summed E-state index contributed by atoms with van der Waals surface area (Å²) in [4.78, 5) is 14.1. The van der Waals surface area contributed by atoms with Crippen molar-refractivity contribution < 1.29 is 4.42 Å². The minimum Gasteiger partial charge on any atom is -0.455 e. The first-order chi connectivity index (χ1) is 19.5. The minimum absolute atomic E-state index is 0.271. The number of fused-ring (bicyclic) bond motifs is 4. The van der Waals surface area contributed by atoms with E-state index in [2.05, 4.69) is 109 Å². The van der Waals surface area contributed by atoms with Gasteiger partial charge in [-0.25, -0.2) is 15.0 Å². The molecule has 3 heterocycles. The van der Waals surface area contributed by atoms with Crippen molar-refractivity contribution in [1.29, 1.82) is 0 Å². The molecule has 0 unspecified atom stereocenters. The van der Waals surface area contributed by atoms with E-state index in [0.717, 1.165) is 44.5 Å². The van der Waals surface area contributed by atoms with E-state index in [0.29, 0.717) is 5.65 Å². The topological polar surface area (TPSA) is 56.7 Å². The van der Waals surface area contributed by atoms with Crippen LogP contribution in [0.15, 0.2) is 102 Å². The van der Waals surface area contributed by atoms with Crippen LogP contribution in [-0.2, 0) is 0 Å². The molecule has 0 radical (unpaired) electrons. The lowest BCUT2D eigenvalue weighted by atomic mass is 9.88. The summed E-state index contributed by atoms with van der Waals surface area (Å²) in [7, 11) is 0. The Morgan fingerprint density at radius 2 is 1.43 bits per heavy atom. The highest BCUT2D eigenvalue weighted by molar-refractivity contribution is 6.09. The van der Waals surface area contributed by atoms with Crippen LogP contribution in [0.5, 0.6) is 0 Å². The fourth-order valence-electron chi connectivity index (χ4n) is 5.77. The summed E-state index contributed by atoms with van der Waals surface area (Å²) < 4.78 is 8.73. The van der Waals surface area contributed by atoms with E-state index in [1.165, 1.54) is 22.3 Å². The van der Waals surface area contributed by atoms with Gasteiger partial charge in [0.25, 0.3) is 0 Å². The van der Waals surface area contributed by atoms with Crippen molar-refractivity contribution in [2.45, 2.75) is 39.5 Å². The number of furan rings is 1. The molecular weight excluding hydrogens is 492 g/mol. The summed E-state index contributed by atoms with van der Waals surface area (Å²) in [5.74, 6) is 1.34. The van der Waals surface area contributed by atoms with Crippen LogP contribution in [-0.4, -0.2) is 19.5 Å². The Morgan fingerprint density at radius 1 is 0.725 bits per heavy atom. The molecule has 0 aliphatic carbocycles. The molecule has 0 atom stereocenters. The molecule has 0 amide bonds. The molecule has 40 heavy (non-hydrogen) atoms. The van der Waals surface area contributed by atoms with Gasteiger partial charge < -0.3 is 4.42 Å². The van der Waals surface area contributed by atoms with Crippen molar-refractivity contribution in [2.24, 2.45) is 0 Å². The molecule has 7 rings (SSSR count). The molecule has 5 nitrogen and oxygen atoms in total. The van der Waals surface area contributed by atoms with Crippen molar-refractivity contribution in [3.63, 3.8) is 0 Å². The number of rotatable bonds is 5. The van der Waals surface area contributed by atoms with Gasteiger partial charge in [-0.3, -0.25) is 4.57 Å². The maximum absolute atomic E-state index is 6.47. The molecular formula is C35H30N4O. The first kappa shape index (κ1) is 24.3. The zero-order chi connectivity index (χ0) is 27.4. The van der Waals surface area contributed by atoms with Crippen LogP contribution >= 0.6 is 0 Å². The van der Waals surface area contributed by atoms with E-state index in [1.807, 2.05) is 24.4 Å². The fourth-order valence-corrected chi connectivity index (χ4v) is 5.77. The van der Waals surface area contributed by atoms with Gasteiger partial charge in [-0.1, -0.05) is 88.4 Å². The summed E-state index contributed by atoms with van der Waals surface area (Å²) >= 11 is 0. The number of hydrogen-bond acceptors (Lipinski definition) is 4. The van der Waals surface area contributed by atoms with Gasteiger partial charge in [-0.05, 0) is 58.4 Å². The molecule has 0 fully saturated rings. The van der Waals surface area contributed by atoms with Crippen LogP contribution in [0, 0.1) is 0 Å². The Bertz CT molecular complexity index is 1990. The Balaban J connectivity index is 1.59. The standard InChI is InChI=1S/C35H30N4O/c1-21(2)28-17-24(23-11-6-5-7-12-23)18-29(22(3)4)32(28)39-30-19-36-20-37-34(30)38-35(39)27-15-10-14-26-25-13-8-9-16-31(25)40-33(26)27/h5-22H,1-4H3. The van der Waals surface area contributed by atoms with E-state index < -0.39 is 0 Å². The van der Waals surface area contributed by atoms with Crippen molar-refractivity contribution in [2.75, 3.05) is 0 Å². The molecule has 0 saturated heterocycles. The zero-order valence-corrected chi connectivity index (χ0v) is 23.1. The Hall–Kier alpha value is -4.77. The van der Waals surface area contributed by atoms with E-state index >= 15 is 0 Å². The van der Waals surface area contributed by atoms with Crippen molar-refractivity contribution >= 4 is 33.1 Å². The number of benzene rings is 4. The zero-order valence-electron chi connectivity index (χ0n) is 23.1. The molecule has 0 aliphatic rings.